The van der Waals surface area contributed by atoms with E-state index in [4.69, 9.17) is 5.73 Å². The molecular weight excluding hydrogens is 228 g/mol. The summed E-state index contributed by atoms with van der Waals surface area (Å²) in [6.45, 7) is 1.71. The van der Waals surface area contributed by atoms with Crippen LogP contribution in [-0.2, 0) is 0 Å². The molecule has 0 saturated carbocycles. The van der Waals surface area contributed by atoms with Crippen molar-refractivity contribution in [2.75, 3.05) is 0 Å². The van der Waals surface area contributed by atoms with Crippen LogP contribution in [0.1, 0.15) is 18.5 Å². The molecule has 1 atom stereocenters. The quantitative estimate of drug-likeness (QED) is 0.745. The molecule has 0 amide bonds. The first-order valence-corrected chi connectivity index (χ1v) is 4.22. The monoisotopic (exact) mass is 235 g/mol. The van der Waals surface area contributed by atoms with E-state index in [9.17, 15) is 8.78 Å². The van der Waals surface area contributed by atoms with Crippen molar-refractivity contribution in [3.8, 4) is 0 Å². The highest BCUT2D eigenvalue weighted by molar-refractivity contribution is 9.10. The van der Waals surface area contributed by atoms with Crippen molar-refractivity contribution in [3.63, 3.8) is 0 Å². The lowest BCUT2D eigenvalue weighted by molar-refractivity contribution is 0.501. The van der Waals surface area contributed by atoms with Crippen molar-refractivity contribution in [1.82, 2.24) is 0 Å². The molecule has 2 N–H and O–H groups in total. The zero-order valence-corrected chi connectivity index (χ0v) is 8.03. The first-order valence-electron chi connectivity index (χ1n) is 3.43. The average molecular weight is 236 g/mol. The normalized spacial score (nSPS) is 13.1. The summed E-state index contributed by atoms with van der Waals surface area (Å²) in [5, 5.41) is 0. The second kappa shape index (κ2) is 3.49. The van der Waals surface area contributed by atoms with Crippen LogP contribution in [0.4, 0.5) is 8.78 Å². The zero-order valence-electron chi connectivity index (χ0n) is 6.44. The van der Waals surface area contributed by atoms with E-state index in [0.717, 1.165) is 6.07 Å². The van der Waals surface area contributed by atoms with Gasteiger partial charge in [0, 0.05) is 6.04 Å². The minimum atomic E-state index is -0.884. The Bertz CT molecular complexity index is 299. The first kappa shape index (κ1) is 9.61. The van der Waals surface area contributed by atoms with Crippen molar-refractivity contribution in [2.45, 2.75) is 13.0 Å². The molecule has 0 aliphatic carbocycles. The maximum atomic E-state index is 12.9. The van der Waals surface area contributed by atoms with Gasteiger partial charge >= 0.3 is 0 Å². The molecule has 0 spiro atoms. The molecule has 0 bridgehead atoms. The summed E-state index contributed by atoms with van der Waals surface area (Å²) in [5.41, 5.74) is 6.08. The summed E-state index contributed by atoms with van der Waals surface area (Å²) in [5.74, 6) is -1.75. The molecule has 0 fully saturated rings. The first-order chi connectivity index (χ1) is 5.54. The van der Waals surface area contributed by atoms with Gasteiger partial charge in [0.1, 0.15) is 0 Å². The SMILES string of the molecule is C[C@H](N)c1ccc(F)c(F)c1Br. The van der Waals surface area contributed by atoms with Gasteiger partial charge in [-0.3, -0.25) is 0 Å². The number of nitrogens with two attached hydrogens (primary N) is 1. The maximum absolute atomic E-state index is 12.9. The highest BCUT2D eigenvalue weighted by Crippen LogP contribution is 2.26. The summed E-state index contributed by atoms with van der Waals surface area (Å²) in [4.78, 5) is 0. The van der Waals surface area contributed by atoms with E-state index in [-0.39, 0.29) is 10.5 Å². The number of benzene rings is 1. The number of hydrogen-bond donors (Lipinski definition) is 1. The second-order valence-corrected chi connectivity index (χ2v) is 3.35. The summed E-state index contributed by atoms with van der Waals surface area (Å²) in [7, 11) is 0. The average Bonchev–Trinajstić information content (AvgIpc) is 2.00. The molecule has 1 aromatic rings. The molecule has 12 heavy (non-hydrogen) atoms. The molecule has 0 unspecified atom stereocenters. The largest absolute Gasteiger partial charge is 0.324 e. The lowest BCUT2D eigenvalue weighted by Crippen LogP contribution is -2.07. The standard InChI is InChI=1S/C8H8BrF2N/c1-4(12)5-2-3-6(10)8(11)7(5)9/h2-4H,12H2,1H3/t4-/m0/s1. The summed E-state index contributed by atoms with van der Waals surface area (Å²) >= 11 is 2.94. The fourth-order valence-electron chi connectivity index (χ4n) is 0.893. The Morgan fingerprint density at radius 3 is 2.50 bits per heavy atom. The van der Waals surface area contributed by atoms with Gasteiger partial charge in [-0.2, -0.15) is 0 Å². The van der Waals surface area contributed by atoms with Gasteiger partial charge < -0.3 is 5.73 Å². The lowest BCUT2D eigenvalue weighted by atomic mass is 10.1. The Labute approximate surface area is 77.7 Å². The predicted octanol–water partition coefficient (Wildman–Crippen LogP) is 2.75. The van der Waals surface area contributed by atoms with Gasteiger partial charge in [0.15, 0.2) is 11.6 Å². The van der Waals surface area contributed by atoms with Crippen LogP contribution >= 0.6 is 15.9 Å². The van der Waals surface area contributed by atoms with Gasteiger partial charge in [-0.1, -0.05) is 6.07 Å². The predicted molar refractivity (Wildman–Crippen MR) is 46.7 cm³/mol. The van der Waals surface area contributed by atoms with Gasteiger partial charge in [0.25, 0.3) is 0 Å². The molecule has 1 rings (SSSR count). The van der Waals surface area contributed by atoms with E-state index >= 15 is 0 Å². The summed E-state index contributed by atoms with van der Waals surface area (Å²) < 4.78 is 25.6. The molecule has 0 aliphatic rings. The zero-order chi connectivity index (χ0) is 9.30. The van der Waals surface area contributed by atoms with E-state index in [1.165, 1.54) is 6.07 Å². The van der Waals surface area contributed by atoms with Gasteiger partial charge in [-0.15, -0.1) is 0 Å². The number of hydrogen-bond acceptors (Lipinski definition) is 1. The Morgan fingerprint density at radius 1 is 1.42 bits per heavy atom. The maximum Gasteiger partial charge on any atom is 0.173 e. The van der Waals surface area contributed by atoms with Crippen LogP contribution in [-0.4, -0.2) is 0 Å². The van der Waals surface area contributed by atoms with Crippen molar-refractivity contribution in [3.05, 3.63) is 33.8 Å². The van der Waals surface area contributed by atoms with Gasteiger partial charge in [0.2, 0.25) is 0 Å². The molecule has 4 heteroatoms. The molecular formula is C8H8BrF2N. The summed E-state index contributed by atoms with van der Waals surface area (Å²) in [6, 6.07) is 2.22. The number of halogens is 3. The van der Waals surface area contributed by atoms with Gasteiger partial charge in [-0.25, -0.2) is 8.78 Å². The smallest absolute Gasteiger partial charge is 0.173 e. The molecule has 1 aromatic carbocycles. The van der Waals surface area contributed by atoms with E-state index in [1.807, 2.05) is 0 Å². The Balaban J connectivity index is 3.27. The van der Waals surface area contributed by atoms with Crippen molar-refractivity contribution >= 4 is 15.9 Å². The Kier molecular flexibility index (Phi) is 2.80. The van der Waals surface area contributed by atoms with Crippen molar-refractivity contribution in [2.24, 2.45) is 5.73 Å². The topological polar surface area (TPSA) is 26.0 Å². The van der Waals surface area contributed by atoms with Gasteiger partial charge in [-0.05, 0) is 34.5 Å². The highest BCUT2D eigenvalue weighted by Gasteiger charge is 2.12. The third-order valence-corrected chi connectivity index (χ3v) is 2.36. The second-order valence-electron chi connectivity index (χ2n) is 2.55. The van der Waals surface area contributed by atoms with E-state index in [0.29, 0.717) is 5.56 Å². The van der Waals surface area contributed by atoms with E-state index < -0.39 is 11.6 Å². The molecule has 1 nitrogen and oxygen atoms in total. The van der Waals surface area contributed by atoms with Gasteiger partial charge in [0.05, 0.1) is 4.47 Å². The minimum absolute atomic E-state index is 0.109. The number of rotatable bonds is 1. The van der Waals surface area contributed by atoms with Crippen LogP contribution in [0.2, 0.25) is 0 Å². The molecule has 0 saturated heterocycles. The summed E-state index contributed by atoms with van der Waals surface area (Å²) in [6.07, 6.45) is 0. The fourth-order valence-corrected chi connectivity index (χ4v) is 1.58. The highest BCUT2D eigenvalue weighted by atomic mass is 79.9. The Hall–Kier alpha value is -0.480. The fraction of sp³-hybridized carbons (Fsp3) is 0.250. The molecule has 0 aliphatic heterocycles. The van der Waals surface area contributed by atoms with Crippen molar-refractivity contribution in [1.29, 1.82) is 0 Å². The minimum Gasteiger partial charge on any atom is -0.324 e. The molecule has 66 valence electrons. The van der Waals surface area contributed by atoms with Crippen LogP contribution in [0.25, 0.3) is 0 Å². The molecule has 0 radical (unpaired) electrons. The third-order valence-electron chi connectivity index (χ3n) is 1.56. The lowest BCUT2D eigenvalue weighted by Gasteiger charge is -2.08. The van der Waals surface area contributed by atoms with Crippen LogP contribution in [0.3, 0.4) is 0 Å². The van der Waals surface area contributed by atoms with Crippen LogP contribution < -0.4 is 5.73 Å². The van der Waals surface area contributed by atoms with Crippen LogP contribution in [0.5, 0.6) is 0 Å². The van der Waals surface area contributed by atoms with Crippen molar-refractivity contribution < 1.29 is 8.78 Å². The van der Waals surface area contributed by atoms with E-state index in [2.05, 4.69) is 15.9 Å². The van der Waals surface area contributed by atoms with E-state index in [1.54, 1.807) is 6.92 Å². The van der Waals surface area contributed by atoms with Crippen LogP contribution in [0.15, 0.2) is 16.6 Å². The third kappa shape index (κ3) is 1.64. The molecule has 0 heterocycles. The molecule has 0 aromatic heterocycles. The van der Waals surface area contributed by atoms with Crippen LogP contribution in [0, 0.1) is 11.6 Å². The Morgan fingerprint density at radius 2 is 2.00 bits per heavy atom.